The molecular formula is C16H14N2O3. The Morgan fingerprint density at radius 1 is 1.24 bits per heavy atom. The summed E-state index contributed by atoms with van der Waals surface area (Å²) in [6, 6.07) is 13.8. The van der Waals surface area contributed by atoms with Crippen molar-refractivity contribution in [2.24, 2.45) is 0 Å². The van der Waals surface area contributed by atoms with Crippen LogP contribution in [0.1, 0.15) is 21.5 Å². The highest BCUT2D eigenvalue weighted by Gasteiger charge is 2.14. The standard InChI is InChI=1S/C16H14N2O3/c1-20-14-4-2-3-13(15(14)18)16(19)21-10-12-7-5-11(9-17)6-8-12/h2-8H,10,18H2,1H3. The van der Waals surface area contributed by atoms with Crippen molar-refractivity contribution in [1.29, 1.82) is 5.26 Å². The van der Waals surface area contributed by atoms with Gasteiger partial charge in [-0.15, -0.1) is 0 Å². The van der Waals surface area contributed by atoms with E-state index in [9.17, 15) is 4.79 Å². The smallest absolute Gasteiger partial charge is 0.340 e. The predicted molar refractivity (Wildman–Crippen MR) is 77.7 cm³/mol. The molecule has 5 nitrogen and oxygen atoms in total. The first-order valence-electron chi connectivity index (χ1n) is 6.24. The molecule has 2 aromatic rings. The third-order valence-corrected chi connectivity index (χ3v) is 2.96. The van der Waals surface area contributed by atoms with Gasteiger partial charge in [-0.05, 0) is 29.8 Å². The lowest BCUT2D eigenvalue weighted by Gasteiger charge is -2.10. The zero-order valence-corrected chi connectivity index (χ0v) is 11.5. The van der Waals surface area contributed by atoms with Crippen LogP contribution in [0.4, 0.5) is 5.69 Å². The van der Waals surface area contributed by atoms with Crippen LogP contribution in [-0.4, -0.2) is 13.1 Å². The number of para-hydroxylation sites is 1. The molecular weight excluding hydrogens is 268 g/mol. The van der Waals surface area contributed by atoms with Crippen LogP contribution in [0.25, 0.3) is 0 Å². The van der Waals surface area contributed by atoms with E-state index in [1.54, 1.807) is 42.5 Å². The third-order valence-electron chi connectivity index (χ3n) is 2.96. The Bertz CT molecular complexity index is 688. The molecule has 0 aliphatic rings. The molecule has 0 amide bonds. The first-order chi connectivity index (χ1) is 10.2. The lowest BCUT2D eigenvalue weighted by Crippen LogP contribution is -2.09. The molecule has 0 atom stereocenters. The van der Waals surface area contributed by atoms with Gasteiger partial charge in [-0.1, -0.05) is 18.2 Å². The van der Waals surface area contributed by atoms with Crippen molar-refractivity contribution in [1.82, 2.24) is 0 Å². The Morgan fingerprint density at radius 3 is 2.57 bits per heavy atom. The van der Waals surface area contributed by atoms with Crippen LogP contribution in [0.15, 0.2) is 42.5 Å². The van der Waals surface area contributed by atoms with Gasteiger partial charge in [-0.2, -0.15) is 5.26 Å². The predicted octanol–water partition coefficient (Wildman–Crippen LogP) is 2.51. The Labute approximate surface area is 122 Å². The van der Waals surface area contributed by atoms with E-state index in [0.717, 1.165) is 5.56 Å². The van der Waals surface area contributed by atoms with Crippen LogP contribution in [0.3, 0.4) is 0 Å². The number of anilines is 1. The van der Waals surface area contributed by atoms with Gasteiger partial charge >= 0.3 is 5.97 Å². The number of benzene rings is 2. The van der Waals surface area contributed by atoms with Crippen molar-refractivity contribution in [3.05, 3.63) is 59.2 Å². The first kappa shape index (κ1) is 14.4. The van der Waals surface area contributed by atoms with Crippen LogP contribution in [-0.2, 0) is 11.3 Å². The van der Waals surface area contributed by atoms with Crippen molar-refractivity contribution in [3.8, 4) is 11.8 Å². The quantitative estimate of drug-likeness (QED) is 0.688. The van der Waals surface area contributed by atoms with E-state index in [4.69, 9.17) is 20.5 Å². The van der Waals surface area contributed by atoms with Crippen LogP contribution < -0.4 is 10.5 Å². The average molecular weight is 282 g/mol. The highest BCUT2D eigenvalue weighted by molar-refractivity contribution is 5.96. The van der Waals surface area contributed by atoms with Crippen LogP contribution in [0.2, 0.25) is 0 Å². The number of nitrogen functional groups attached to an aromatic ring is 1. The summed E-state index contributed by atoms with van der Waals surface area (Å²) in [5, 5.41) is 8.71. The largest absolute Gasteiger partial charge is 0.495 e. The molecule has 0 saturated carbocycles. The molecule has 0 unspecified atom stereocenters. The molecule has 21 heavy (non-hydrogen) atoms. The molecule has 2 N–H and O–H groups in total. The number of ether oxygens (including phenoxy) is 2. The number of hydrogen-bond acceptors (Lipinski definition) is 5. The maximum absolute atomic E-state index is 12.0. The van der Waals surface area contributed by atoms with Gasteiger partial charge in [-0.3, -0.25) is 0 Å². The molecule has 0 bridgehead atoms. The average Bonchev–Trinajstić information content (AvgIpc) is 2.53. The summed E-state index contributed by atoms with van der Waals surface area (Å²) >= 11 is 0. The lowest BCUT2D eigenvalue weighted by molar-refractivity contribution is 0.0473. The normalized spacial score (nSPS) is 9.71. The van der Waals surface area contributed by atoms with Crippen molar-refractivity contribution < 1.29 is 14.3 Å². The molecule has 0 fully saturated rings. The van der Waals surface area contributed by atoms with Gasteiger partial charge in [0.1, 0.15) is 12.4 Å². The summed E-state index contributed by atoms with van der Waals surface area (Å²) < 4.78 is 10.3. The van der Waals surface area contributed by atoms with Crippen LogP contribution in [0.5, 0.6) is 5.75 Å². The van der Waals surface area contributed by atoms with E-state index < -0.39 is 5.97 Å². The van der Waals surface area contributed by atoms with E-state index in [1.807, 2.05) is 6.07 Å². The Kier molecular flexibility index (Phi) is 4.42. The van der Waals surface area contributed by atoms with E-state index in [1.165, 1.54) is 7.11 Å². The first-order valence-corrected chi connectivity index (χ1v) is 6.24. The number of esters is 1. The minimum Gasteiger partial charge on any atom is -0.495 e. The summed E-state index contributed by atoms with van der Waals surface area (Å²) in [4.78, 5) is 12.0. The minimum atomic E-state index is -0.518. The zero-order chi connectivity index (χ0) is 15.2. The molecule has 0 heterocycles. The second-order valence-corrected chi connectivity index (χ2v) is 4.31. The fourth-order valence-corrected chi connectivity index (χ4v) is 1.80. The summed E-state index contributed by atoms with van der Waals surface area (Å²) in [5.74, 6) is -0.0846. The van der Waals surface area contributed by atoms with Crippen molar-refractivity contribution in [3.63, 3.8) is 0 Å². The molecule has 106 valence electrons. The minimum absolute atomic E-state index is 0.112. The monoisotopic (exact) mass is 282 g/mol. The van der Waals surface area contributed by atoms with E-state index in [2.05, 4.69) is 0 Å². The summed E-state index contributed by atoms with van der Waals surface area (Å²) in [6.45, 7) is 0.112. The molecule has 0 aromatic heterocycles. The van der Waals surface area contributed by atoms with Gasteiger partial charge in [0.25, 0.3) is 0 Å². The van der Waals surface area contributed by atoms with Gasteiger partial charge in [0.15, 0.2) is 0 Å². The lowest BCUT2D eigenvalue weighted by atomic mass is 10.1. The van der Waals surface area contributed by atoms with Gasteiger partial charge < -0.3 is 15.2 Å². The Morgan fingerprint density at radius 2 is 1.95 bits per heavy atom. The Hall–Kier alpha value is -3.00. The van der Waals surface area contributed by atoms with Gasteiger partial charge in [0, 0.05) is 0 Å². The molecule has 0 spiro atoms. The number of hydrogen-bond donors (Lipinski definition) is 1. The number of methoxy groups -OCH3 is 1. The van der Waals surface area contributed by atoms with Gasteiger partial charge in [-0.25, -0.2) is 4.79 Å². The number of nitrogens with zero attached hydrogens (tertiary/aromatic N) is 1. The fraction of sp³-hybridized carbons (Fsp3) is 0.125. The number of carbonyl (C=O) groups is 1. The SMILES string of the molecule is COc1cccc(C(=O)OCc2ccc(C#N)cc2)c1N. The number of rotatable bonds is 4. The van der Waals surface area contributed by atoms with Crippen LogP contribution >= 0.6 is 0 Å². The van der Waals surface area contributed by atoms with E-state index in [-0.39, 0.29) is 17.9 Å². The molecule has 5 heteroatoms. The second-order valence-electron chi connectivity index (χ2n) is 4.31. The number of nitriles is 1. The van der Waals surface area contributed by atoms with Gasteiger partial charge in [0.2, 0.25) is 0 Å². The fourth-order valence-electron chi connectivity index (χ4n) is 1.80. The maximum Gasteiger partial charge on any atom is 0.340 e. The van der Waals surface area contributed by atoms with Crippen molar-refractivity contribution in [2.75, 3.05) is 12.8 Å². The highest BCUT2D eigenvalue weighted by atomic mass is 16.5. The van der Waals surface area contributed by atoms with Crippen LogP contribution in [0, 0.1) is 11.3 Å². The summed E-state index contributed by atoms with van der Waals surface area (Å²) in [7, 11) is 1.48. The second kappa shape index (κ2) is 6.44. The van der Waals surface area contributed by atoms with Crippen molar-refractivity contribution >= 4 is 11.7 Å². The van der Waals surface area contributed by atoms with E-state index in [0.29, 0.717) is 11.3 Å². The third kappa shape index (κ3) is 3.31. The molecule has 0 radical (unpaired) electrons. The summed E-state index contributed by atoms with van der Waals surface area (Å²) in [5.41, 5.74) is 7.71. The summed E-state index contributed by atoms with van der Waals surface area (Å²) in [6.07, 6.45) is 0. The molecule has 0 saturated heterocycles. The molecule has 2 aromatic carbocycles. The zero-order valence-electron chi connectivity index (χ0n) is 11.5. The number of carbonyl (C=O) groups excluding carboxylic acids is 1. The molecule has 0 aliphatic heterocycles. The Balaban J connectivity index is 2.06. The molecule has 0 aliphatic carbocycles. The molecule has 2 rings (SSSR count). The number of nitrogens with two attached hydrogens (primary N) is 1. The topological polar surface area (TPSA) is 85.3 Å². The maximum atomic E-state index is 12.0. The van der Waals surface area contributed by atoms with Crippen molar-refractivity contribution in [2.45, 2.75) is 6.61 Å². The van der Waals surface area contributed by atoms with E-state index >= 15 is 0 Å². The van der Waals surface area contributed by atoms with Gasteiger partial charge in [0.05, 0.1) is 30.0 Å². The highest BCUT2D eigenvalue weighted by Crippen LogP contribution is 2.25.